The normalized spacial score (nSPS) is 23.6. The SMILES string of the molecule is CC(C)(C)c1ccc2c(c1)C(C1CCCCCC1)C(=O)N2. The van der Waals surface area contributed by atoms with Gasteiger partial charge in [0.15, 0.2) is 0 Å². The van der Waals surface area contributed by atoms with Gasteiger partial charge in [-0.15, -0.1) is 0 Å². The smallest absolute Gasteiger partial charge is 0.232 e. The standard InChI is InChI=1S/C19H27NO/c1-19(2,3)14-10-11-16-15(12-14)17(18(21)20-16)13-8-6-4-5-7-9-13/h10-13,17H,4-9H2,1-3H3,(H,20,21). The second kappa shape index (κ2) is 5.47. The predicted molar refractivity (Wildman–Crippen MR) is 87.7 cm³/mol. The van der Waals surface area contributed by atoms with Gasteiger partial charge in [0.05, 0.1) is 5.92 Å². The molecular weight excluding hydrogens is 258 g/mol. The Hall–Kier alpha value is -1.31. The first kappa shape index (κ1) is 14.6. The van der Waals surface area contributed by atoms with Gasteiger partial charge in [-0.2, -0.15) is 0 Å². The Morgan fingerprint density at radius 1 is 1.05 bits per heavy atom. The Morgan fingerprint density at radius 3 is 2.33 bits per heavy atom. The van der Waals surface area contributed by atoms with E-state index in [9.17, 15) is 4.79 Å². The summed E-state index contributed by atoms with van der Waals surface area (Å²) in [4.78, 5) is 12.5. The lowest BCUT2D eigenvalue weighted by Crippen LogP contribution is -2.21. The minimum Gasteiger partial charge on any atom is -0.325 e. The van der Waals surface area contributed by atoms with E-state index in [0.717, 1.165) is 5.69 Å². The molecule has 1 N–H and O–H groups in total. The average molecular weight is 285 g/mol. The molecule has 0 bridgehead atoms. The first-order chi connectivity index (χ1) is 9.97. The predicted octanol–water partition coefficient (Wildman–Crippen LogP) is 4.99. The molecule has 1 unspecified atom stereocenters. The first-order valence-corrected chi connectivity index (χ1v) is 8.42. The van der Waals surface area contributed by atoms with Gasteiger partial charge in [-0.3, -0.25) is 4.79 Å². The van der Waals surface area contributed by atoms with Crippen molar-refractivity contribution in [2.24, 2.45) is 5.92 Å². The maximum atomic E-state index is 12.5. The lowest BCUT2D eigenvalue weighted by Gasteiger charge is -2.23. The van der Waals surface area contributed by atoms with E-state index in [4.69, 9.17) is 0 Å². The summed E-state index contributed by atoms with van der Waals surface area (Å²) < 4.78 is 0. The number of hydrogen-bond acceptors (Lipinski definition) is 1. The fraction of sp³-hybridized carbons (Fsp3) is 0.632. The van der Waals surface area contributed by atoms with Crippen LogP contribution < -0.4 is 5.32 Å². The Bertz CT molecular complexity index is 533. The molecule has 114 valence electrons. The van der Waals surface area contributed by atoms with Crippen molar-refractivity contribution in [3.05, 3.63) is 29.3 Å². The molecule has 1 aliphatic carbocycles. The highest BCUT2D eigenvalue weighted by molar-refractivity contribution is 6.03. The molecule has 1 aromatic carbocycles. The van der Waals surface area contributed by atoms with Crippen LogP contribution in [0.5, 0.6) is 0 Å². The van der Waals surface area contributed by atoms with Crippen molar-refractivity contribution in [3.63, 3.8) is 0 Å². The second-order valence-electron chi connectivity index (χ2n) is 7.77. The quantitative estimate of drug-likeness (QED) is 0.724. The van der Waals surface area contributed by atoms with Crippen molar-refractivity contribution in [1.29, 1.82) is 0 Å². The largest absolute Gasteiger partial charge is 0.325 e. The average Bonchev–Trinajstić information content (AvgIpc) is 2.60. The van der Waals surface area contributed by atoms with Crippen LogP contribution in [0.2, 0.25) is 0 Å². The number of hydrogen-bond donors (Lipinski definition) is 1. The first-order valence-electron chi connectivity index (χ1n) is 8.42. The van der Waals surface area contributed by atoms with Crippen molar-refractivity contribution >= 4 is 11.6 Å². The van der Waals surface area contributed by atoms with Crippen LogP contribution in [0.4, 0.5) is 5.69 Å². The highest BCUT2D eigenvalue weighted by atomic mass is 16.2. The topological polar surface area (TPSA) is 29.1 Å². The van der Waals surface area contributed by atoms with Crippen LogP contribution >= 0.6 is 0 Å². The van der Waals surface area contributed by atoms with Crippen LogP contribution in [0.15, 0.2) is 18.2 Å². The molecule has 21 heavy (non-hydrogen) atoms. The fourth-order valence-electron chi connectivity index (χ4n) is 3.86. The van der Waals surface area contributed by atoms with E-state index in [-0.39, 0.29) is 17.2 Å². The summed E-state index contributed by atoms with van der Waals surface area (Å²) in [5.41, 5.74) is 3.76. The summed E-state index contributed by atoms with van der Waals surface area (Å²) in [6, 6.07) is 6.54. The third-order valence-corrected chi connectivity index (χ3v) is 5.16. The van der Waals surface area contributed by atoms with Crippen LogP contribution in [0.25, 0.3) is 0 Å². The van der Waals surface area contributed by atoms with Gasteiger partial charge in [-0.05, 0) is 41.4 Å². The Morgan fingerprint density at radius 2 is 1.71 bits per heavy atom. The molecule has 1 amide bonds. The van der Waals surface area contributed by atoms with Gasteiger partial charge in [-0.25, -0.2) is 0 Å². The minimum atomic E-state index is 0.0837. The van der Waals surface area contributed by atoms with E-state index in [2.05, 4.69) is 44.3 Å². The van der Waals surface area contributed by atoms with E-state index < -0.39 is 0 Å². The van der Waals surface area contributed by atoms with Crippen molar-refractivity contribution < 1.29 is 4.79 Å². The van der Waals surface area contributed by atoms with Gasteiger partial charge in [0.2, 0.25) is 5.91 Å². The van der Waals surface area contributed by atoms with Crippen molar-refractivity contribution in [2.45, 2.75) is 70.6 Å². The molecule has 1 atom stereocenters. The molecule has 1 aliphatic heterocycles. The van der Waals surface area contributed by atoms with E-state index in [1.54, 1.807) is 0 Å². The van der Waals surface area contributed by atoms with Crippen LogP contribution in [0, 0.1) is 5.92 Å². The number of fused-ring (bicyclic) bond motifs is 1. The number of rotatable bonds is 1. The lowest BCUT2D eigenvalue weighted by molar-refractivity contribution is -0.118. The Balaban J connectivity index is 1.95. The highest BCUT2D eigenvalue weighted by Crippen LogP contribution is 2.43. The molecule has 0 aromatic heterocycles. The Kier molecular flexibility index (Phi) is 3.81. The molecule has 1 aromatic rings. The zero-order valence-electron chi connectivity index (χ0n) is 13.5. The number of nitrogens with one attached hydrogen (secondary N) is 1. The van der Waals surface area contributed by atoms with Crippen LogP contribution in [-0.2, 0) is 10.2 Å². The second-order valence-corrected chi connectivity index (χ2v) is 7.77. The zero-order valence-corrected chi connectivity index (χ0v) is 13.5. The number of carbonyl (C=O) groups is 1. The fourth-order valence-corrected chi connectivity index (χ4v) is 3.86. The van der Waals surface area contributed by atoms with E-state index in [0.29, 0.717) is 5.92 Å². The van der Waals surface area contributed by atoms with Gasteiger partial charge < -0.3 is 5.32 Å². The molecule has 0 saturated heterocycles. The van der Waals surface area contributed by atoms with E-state index in [1.807, 2.05) is 0 Å². The summed E-state index contributed by atoms with van der Waals surface area (Å²) in [5, 5.41) is 3.10. The van der Waals surface area contributed by atoms with E-state index >= 15 is 0 Å². The van der Waals surface area contributed by atoms with Gasteiger partial charge >= 0.3 is 0 Å². The molecule has 2 nitrogen and oxygen atoms in total. The number of benzene rings is 1. The third-order valence-electron chi connectivity index (χ3n) is 5.16. The molecule has 2 heteroatoms. The van der Waals surface area contributed by atoms with Crippen LogP contribution in [-0.4, -0.2) is 5.91 Å². The van der Waals surface area contributed by atoms with Crippen LogP contribution in [0.3, 0.4) is 0 Å². The van der Waals surface area contributed by atoms with E-state index in [1.165, 1.54) is 49.7 Å². The lowest BCUT2D eigenvalue weighted by atomic mass is 9.79. The van der Waals surface area contributed by atoms with Gasteiger partial charge in [0.1, 0.15) is 0 Å². The monoisotopic (exact) mass is 285 g/mol. The van der Waals surface area contributed by atoms with Gasteiger partial charge in [-0.1, -0.05) is 58.6 Å². The maximum Gasteiger partial charge on any atom is 0.232 e. The van der Waals surface area contributed by atoms with Crippen molar-refractivity contribution in [2.75, 3.05) is 5.32 Å². The summed E-state index contributed by atoms with van der Waals surface area (Å²) >= 11 is 0. The summed E-state index contributed by atoms with van der Waals surface area (Å²) in [5.74, 6) is 0.840. The Labute approximate surface area is 128 Å². The summed E-state index contributed by atoms with van der Waals surface area (Å²) in [6.45, 7) is 6.71. The number of amides is 1. The van der Waals surface area contributed by atoms with Gasteiger partial charge in [0.25, 0.3) is 0 Å². The molecule has 2 aliphatic rings. The van der Waals surface area contributed by atoms with Crippen molar-refractivity contribution in [1.82, 2.24) is 0 Å². The van der Waals surface area contributed by atoms with Gasteiger partial charge in [0, 0.05) is 5.69 Å². The number of anilines is 1. The molecule has 1 heterocycles. The molecule has 0 radical (unpaired) electrons. The minimum absolute atomic E-state index is 0.0837. The number of carbonyl (C=O) groups excluding carboxylic acids is 1. The zero-order chi connectivity index (χ0) is 15.0. The third kappa shape index (κ3) is 2.86. The molecule has 0 spiro atoms. The van der Waals surface area contributed by atoms with Crippen LogP contribution in [0.1, 0.15) is 76.3 Å². The maximum absolute atomic E-state index is 12.5. The van der Waals surface area contributed by atoms with Crippen molar-refractivity contribution in [3.8, 4) is 0 Å². The molecular formula is C19H27NO. The summed E-state index contributed by atoms with van der Waals surface area (Å²) in [7, 11) is 0. The highest BCUT2D eigenvalue weighted by Gasteiger charge is 2.37. The summed E-state index contributed by atoms with van der Waals surface area (Å²) in [6.07, 6.45) is 7.64. The molecule has 1 saturated carbocycles. The molecule has 3 rings (SSSR count). The molecule has 1 fully saturated rings.